The highest BCUT2D eigenvalue weighted by atomic mass is 15.2. The molecule has 63 heavy (non-hydrogen) atoms. The number of rotatable bonds is 10. The Morgan fingerprint density at radius 2 is 0.698 bits per heavy atom. The Morgan fingerprint density at radius 3 is 1.00 bits per heavy atom. The topological polar surface area (TPSA) is 16.3 Å². The molecule has 0 fully saturated rings. The zero-order valence-electron chi connectivity index (χ0n) is 37.8. The molecule has 0 radical (unpaired) electrons. The van der Waals surface area contributed by atoms with Crippen LogP contribution in [0.25, 0.3) is 33.2 Å². The third kappa shape index (κ3) is 5.75. The molecule has 9 aromatic rings. The Balaban J connectivity index is 1.29. The van der Waals surface area contributed by atoms with Crippen LogP contribution in [0.5, 0.6) is 0 Å². The molecule has 7 aromatic carbocycles. The molecule has 0 unspecified atom stereocenters. The highest BCUT2D eigenvalue weighted by Gasteiger charge is 2.44. The van der Waals surface area contributed by atoms with Gasteiger partial charge in [-0.25, -0.2) is 0 Å². The van der Waals surface area contributed by atoms with Crippen molar-refractivity contribution in [1.29, 1.82) is 0 Å². The summed E-state index contributed by atoms with van der Waals surface area (Å²) in [5.74, 6) is 1.18. The fraction of sp³-hybridized carbons (Fsp3) is 0.207. The van der Waals surface area contributed by atoms with Crippen molar-refractivity contribution in [3.05, 3.63) is 186 Å². The van der Waals surface area contributed by atoms with Gasteiger partial charge in [0.25, 0.3) is 6.71 Å². The smallest absolute Gasteiger partial charge is 0.252 e. The average molecular weight is 819 g/mol. The van der Waals surface area contributed by atoms with Gasteiger partial charge in [0.2, 0.25) is 0 Å². The zero-order chi connectivity index (χ0) is 43.3. The Morgan fingerprint density at radius 1 is 0.365 bits per heavy atom. The average Bonchev–Trinajstić information content (AvgIpc) is 3.86. The first-order valence-electron chi connectivity index (χ1n) is 23.0. The number of hydrogen-bond donors (Lipinski definition) is 0. The molecule has 5 heteroatoms. The van der Waals surface area contributed by atoms with E-state index in [-0.39, 0.29) is 6.71 Å². The van der Waals surface area contributed by atoms with Crippen molar-refractivity contribution in [1.82, 2.24) is 9.13 Å². The Labute approximate surface area is 373 Å². The van der Waals surface area contributed by atoms with E-state index in [0.29, 0.717) is 23.7 Å². The fourth-order valence-corrected chi connectivity index (χ4v) is 11.5. The second-order valence-electron chi connectivity index (χ2n) is 18.8. The Bertz CT molecular complexity index is 2890. The van der Waals surface area contributed by atoms with Crippen molar-refractivity contribution in [3.63, 3.8) is 0 Å². The molecule has 2 aliphatic heterocycles. The maximum atomic E-state index is 2.70. The van der Waals surface area contributed by atoms with Crippen LogP contribution >= 0.6 is 0 Å². The summed E-state index contributed by atoms with van der Waals surface area (Å²) in [7, 11) is 0. The molecule has 4 nitrogen and oxygen atoms in total. The van der Waals surface area contributed by atoms with Crippen LogP contribution in [0.15, 0.2) is 164 Å². The summed E-state index contributed by atoms with van der Waals surface area (Å²) in [6.45, 7) is 19.2. The predicted molar refractivity (Wildman–Crippen MR) is 270 cm³/mol. The maximum Gasteiger partial charge on any atom is 0.252 e. The zero-order valence-corrected chi connectivity index (χ0v) is 37.8. The van der Waals surface area contributed by atoms with Gasteiger partial charge in [0.1, 0.15) is 0 Å². The van der Waals surface area contributed by atoms with Crippen molar-refractivity contribution < 1.29 is 0 Å². The quantitative estimate of drug-likeness (QED) is 0.128. The number of para-hydroxylation sites is 4. The van der Waals surface area contributed by atoms with Crippen LogP contribution in [-0.2, 0) is 0 Å². The molecule has 0 atom stereocenters. The van der Waals surface area contributed by atoms with Gasteiger partial charge in [0.05, 0.1) is 22.4 Å². The molecule has 0 bridgehead atoms. The van der Waals surface area contributed by atoms with Gasteiger partial charge in [0.15, 0.2) is 0 Å². The first-order chi connectivity index (χ1) is 30.7. The third-order valence-electron chi connectivity index (χ3n) is 13.6. The second kappa shape index (κ2) is 15.0. The number of nitrogens with zero attached hydrogens (tertiary/aromatic N) is 4. The van der Waals surface area contributed by atoms with Crippen LogP contribution in [-0.4, -0.2) is 15.8 Å². The minimum absolute atomic E-state index is 0.0398. The molecule has 0 saturated heterocycles. The molecule has 0 amide bonds. The molecule has 0 N–H and O–H groups in total. The summed E-state index contributed by atoms with van der Waals surface area (Å²) in [6, 6.07) is 60.7. The predicted octanol–water partition coefficient (Wildman–Crippen LogP) is 14.2. The van der Waals surface area contributed by atoms with Gasteiger partial charge in [-0.15, -0.1) is 0 Å². The van der Waals surface area contributed by atoms with Crippen LogP contribution in [0.2, 0.25) is 0 Å². The molecular formula is C58H55BN4. The molecule has 0 saturated carbocycles. The van der Waals surface area contributed by atoms with Gasteiger partial charge < -0.3 is 18.9 Å². The van der Waals surface area contributed by atoms with Crippen molar-refractivity contribution >= 4 is 79.0 Å². The lowest BCUT2D eigenvalue weighted by Crippen LogP contribution is -2.59. The lowest BCUT2D eigenvalue weighted by Gasteiger charge is -2.36. The summed E-state index contributed by atoms with van der Waals surface area (Å²) >= 11 is 0. The lowest BCUT2D eigenvalue weighted by molar-refractivity contribution is 0.746. The van der Waals surface area contributed by atoms with E-state index < -0.39 is 0 Å². The molecule has 0 spiro atoms. The molecule has 2 aliphatic rings. The van der Waals surface area contributed by atoms with Gasteiger partial charge in [0, 0.05) is 56.3 Å². The van der Waals surface area contributed by atoms with Gasteiger partial charge >= 0.3 is 0 Å². The van der Waals surface area contributed by atoms with Crippen molar-refractivity contribution in [2.45, 2.75) is 79.1 Å². The van der Waals surface area contributed by atoms with Crippen molar-refractivity contribution in [3.8, 4) is 11.4 Å². The first kappa shape index (κ1) is 39.2. The number of fused-ring (bicyclic) bond motifs is 4. The molecular weight excluding hydrogens is 763 g/mol. The normalized spacial score (nSPS) is 12.7. The molecule has 11 rings (SSSR count). The van der Waals surface area contributed by atoms with Crippen molar-refractivity contribution in [2.24, 2.45) is 0 Å². The summed E-state index contributed by atoms with van der Waals surface area (Å²) in [4.78, 5) is 4.96. The van der Waals surface area contributed by atoms with Crippen molar-refractivity contribution in [2.75, 3.05) is 9.80 Å². The summed E-state index contributed by atoms with van der Waals surface area (Å²) in [5.41, 5.74) is 22.2. The second-order valence-corrected chi connectivity index (χ2v) is 18.8. The van der Waals surface area contributed by atoms with E-state index in [9.17, 15) is 0 Å². The third-order valence-corrected chi connectivity index (χ3v) is 13.6. The summed E-state index contributed by atoms with van der Waals surface area (Å²) < 4.78 is 5.39. The van der Waals surface area contributed by atoms with E-state index in [1.165, 1.54) is 83.5 Å². The standard InChI is InChI=1S/C58H55BN4/c1-36(2)50-52-46(60(40-22-13-9-14-23-40)41-24-15-10-16-25-41)34-32-44-57(52)62(55(50)38(5)6)48-30-21-31-49-54(48)59(44)45-33-35-47(53-51(37(3)4)56(39(7)8)63(49)58(45)53)61(42-26-17-11-18-27-42)43-28-19-12-20-29-43/h9-39H,1-8H3. The van der Waals surface area contributed by atoms with Gasteiger partial charge in [-0.3, -0.25) is 0 Å². The number of benzene rings is 7. The highest BCUT2D eigenvalue weighted by Crippen LogP contribution is 2.50. The van der Waals surface area contributed by atoms with Crippen LogP contribution in [0.1, 0.15) is 102 Å². The van der Waals surface area contributed by atoms with Gasteiger partial charge in [-0.1, -0.05) is 146 Å². The minimum atomic E-state index is 0.0398. The van der Waals surface area contributed by atoms with E-state index in [1.807, 2.05) is 0 Å². The van der Waals surface area contributed by atoms with Crippen LogP contribution < -0.4 is 26.2 Å². The maximum absolute atomic E-state index is 2.70. The van der Waals surface area contributed by atoms with E-state index in [4.69, 9.17) is 0 Å². The van der Waals surface area contributed by atoms with Gasteiger partial charge in [-0.05, 0) is 124 Å². The molecule has 4 heterocycles. The van der Waals surface area contributed by atoms with Crippen LogP contribution in [0.4, 0.5) is 34.1 Å². The fourth-order valence-electron chi connectivity index (χ4n) is 11.5. The van der Waals surface area contributed by atoms with Gasteiger partial charge in [-0.2, -0.15) is 0 Å². The monoisotopic (exact) mass is 818 g/mol. The van der Waals surface area contributed by atoms with Crippen LogP contribution in [0, 0.1) is 0 Å². The molecule has 310 valence electrons. The van der Waals surface area contributed by atoms with E-state index in [2.05, 4.69) is 238 Å². The molecule has 0 aliphatic carbocycles. The van der Waals surface area contributed by atoms with E-state index >= 15 is 0 Å². The Kier molecular flexibility index (Phi) is 9.31. The van der Waals surface area contributed by atoms with Crippen LogP contribution in [0.3, 0.4) is 0 Å². The minimum Gasteiger partial charge on any atom is -0.314 e. The summed E-state index contributed by atoms with van der Waals surface area (Å²) in [6.07, 6.45) is 0. The highest BCUT2D eigenvalue weighted by molar-refractivity contribution is 7.00. The largest absolute Gasteiger partial charge is 0.314 e. The SMILES string of the molecule is CC(C)c1c(C(C)C)n2c3c(ccc(N(c4ccccc4)c4ccccc4)c13)B1c3c-2cccc3-n2c(C(C)C)c(C(C)C)c3c(N(c4ccccc4)c4ccccc4)ccc1c32. The first-order valence-corrected chi connectivity index (χ1v) is 23.0. The number of aromatic nitrogens is 2. The Hall–Kier alpha value is -6.72. The molecule has 2 aromatic heterocycles. The van der Waals surface area contributed by atoms with E-state index in [1.54, 1.807) is 0 Å². The number of anilines is 6. The van der Waals surface area contributed by atoms with E-state index in [0.717, 1.165) is 22.7 Å². The lowest BCUT2D eigenvalue weighted by atomic mass is 9.34. The number of hydrogen-bond acceptors (Lipinski definition) is 2. The summed E-state index contributed by atoms with van der Waals surface area (Å²) in [5, 5.41) is 2.71.